The number of methoxy groups -OCH3 is 2. The van der Waals surface area contributed by atoms with Crippen LogP contribution in [-0.2, 0) is 29.5 Å². The van der Waals surface area contributed by atoms with Crippen molar-refractivity contribution in [3.8, 4) is 23.0 Å². The van der Waals surface area contributed by atoms with Crippen LogP contribution in [-0.4, -0.2) is 39.2 Å². The van der Waals surface area contributed by atoms with Crippen molar-refractivity contribution in [2.45, 2.75) is 38.8 Å². The summed E-state index contributed by atoms with van der Waals surface area (Å²) in [5, 5.41) is 10.2. The summed E-state index contributed by atoms with van der Waals surface area (Å²) in [6.45, 7) is 3.31. The smallest absolute Gasteiger partial charge is 0.335 e. The van der Waals surface area contributed by atoms with Crippen molar-refractivity contribution in [2.24, 2.45) is 5.92 Å². The highest BCUT2D eigenvalue weighted by Gasteiger charge is 2.36. The second-order valence-corrected chi connectivity index (χ2v) is 10.7. The molecular formula is C26H29NO6S. The van der Waals surface area contributed by atoms with Crippen LogP contribution in [0.2, 0.25) is 0 Å². The predicted molar refractivity (Wildman–Crippen MR) is 129 cm³/mol. The fraction of sp³-hybridized carbons (Fsp3) is 0.385. The van der Waals surface area contributed by atoms with Gasteiger partial charge >= 0.3 is 10.1 Å². The average Bonchev–Trinajstić information content (AvgIpc) is 2.82. The number of rotatable bonds is 5. The van der Waals surface area contributed by atoms with E-state index in [0.29, 0.717) is 30.9 Å². The summed E-state index contributed by atoms with van der Waals surface area (Å²) < 4.78 is 43.0. The highest BCUT2D eigenvalue weighted by molar-refractivity contribution is 7.91. The van der Waals surface area contributed by atoms with Gasteiger partial charge in [0.1, 0.15) is 0 Å². The van der Waals surface area contributed by atoms with Crippen LogP contribution in [0.3, 0.4) is 0 Å². The number of hydrogen-bond donors (Lipinski definition) is 1. The third-order valence-corrected chi connectivity index (χ3v) is 8.31. The van der Waals surface area contributed by atoms with E-state index in [2.05, 4.69) is 4.90 Å². The first-order valence-electron chi connectivity index (χ1n) is 11.4. The van der Waals surface area contributed by atoms with Gasteiger partial charge in [-0.05, 0) is 66.1 Å². The van der Waals surface area contributed by atoms with Crippen LogP contribution in [0, 0.1) is 5.92 Å². The molecule has 0 aromatic heterocycles. The molecule has 2 unspecified atom stereocenters. The van der Waals surface area contributed by atoms with Crippen molar-refractivity contribution in [3.63, 3.8) is 0 Å². The van der Waals surface area contributed by atoms with E-state index in [1.807, 2.05) is 25.1 Å². The summed E-state index contributed by atoms with van der Waals surface area (Å²) in [4.78, 5) is 2.60. The van der Waals surface area contributed by atoms with Gasteiger partial charge in [0.05, 0.1) is 19.1 Å². The SMILES string of the molecule is COc1cc2c(cc1O)CCN1Cc3c(ccc(OC)c3OS(=O)(=O)C3=CC=CC(C)C3)CC21. The first kappa shape index (κ1) is 22.8. The van der Waals surface area contributed by atoms with Gasteiger partial charge in [-0.3, -0.25) is 4.90 Å². The first-order chi connectivity index (χ1) is 16.3. The Kier molecular flexibility index (Phi) is 5.81. The van der Waals surface area contributed by atoms with Crippen LogP contribution >= 0.6 is 0 Å². The minimum Gasteiger partial charge on any atom is -0.504 e. The Bertz CT molecular complexity index is 1300. The van der Waals surface area contributed by atoms with Crippen LogP contribution < -0.4 is 13.7 Å². The zero-order valence-electron chi connectivity index (χ0n) is 19.6. The molecule has 1 aliphatic carbocycles. The molecule has 0 amide bonds. The Morgan fingerprint density at radius 3 is 2.59 bits per heavy atom. The lowest BCUT2D eigenvalue weighted by molar-refractivity contribution is 0.158. The number of fused-ring (bicyclic) bond motifs is 4. The zero-order valence-corrected chi connectivity index (χ0v) is 20.4. The molecule has 7 nitrogen and oxygen atoms in total. The third-order valence-electron chi connectivity index (χ3n) is 6.98. The number of phenolic OH excluding ortho intramolecular Hbond substituents is 1. The molecule has 34 heavy (non-hydrogen) atoms. The average molecular weight is 484 g/mol. The topological polar surface area (TPSA) is 85.3 Å². The standard InChI is InChI=1S/C26H29NO6S/c1-16-5-4-6-19(11-16)34(29,30)33-26-21-15-27-10-9-18-13-23(28)25(32-3)14-20(18)22(27)12-17(21)7-8-24(26)31-2/h4-8,13-14,16,22,28H,9-12,15H2,1-3H3. The Balaban J connectivity index is 1.52. The van der Waals surface area contributed by atoms with Crippen molar-refractivity contribution < 1.29 is 27.2 Å². The number of hydrogen-bond acceptors (Lipinski definition) is 7. The van der Waals surface area contributed by atoms with Gasteiger partial charge in [-0.1, -0.05) is 25.1 Å². The number of ether oxygens (including phenoxy) is 2. The van der Waals surface area contributed by atoms with Gasteiger partial charge in [-0.15, -0.1) is 0 Å². The van der Waals surface area contributed by atoms with Gasteiger partial charge in [0.2, 0.25) is 0 Å². The summed E-state index contributed by atoms with van der Waals surface area (Å²) in [5.41, 5.74) is 4.11. The lowest BCUT2D eigenvalue weighted by Gasteiger charge is -2.42. The zero-order chi connectivity index (χ0) is 24.0. The quantitative estimate of drug-likeness (QED) is 0.636. The van der Waals surface area contributed by atoms with E-state index < -0.39 is 10.1 Å². The van der Waals surface area contributed by atoms with Crippen LogP contribution in [0.15, 0.2) is 47.4 Å². The summed E-state index contributed by atoms with van der Waals surface area (Å²) in [5.74, 6) is 1.42. The van der Waals surface area contributed by atoms with Gasteiger partial charge in [0.15, 0.2) is 23.0 Å². The molecule has 0 bridgehead atoms. The van der Waals surface area contributed by atoms with Gasteiger partial charge in [0, 0.05) is 24.7 Å². The monoisotopic (exact) mass is 483 g/mol. The Morgan fingerprint density at radius 2 is 1.85 bits per heavy atom. The molecule has 8 heteroatoms. The van der Waals surface area contributed by atoms with Crippen LogP contribution in [0.5, 0.6) is 23.0 Å². The highest BCUT2D eigenvalue weighted by atomic mass is 32.2. The molecule has 180 valence electrons. The number of aromatic hydroxyl groups is 1. The molecule has 0 saturated heterocycles. The van der Waals surface area contributed by atoms with E-state index >= 15 is 0 Å². The minimum atomic E-state index is -3.96. The molecule has 1 N–H and O–H groups in total. The predicted octanol–water partition coefficient (Wildman–Crippen LogP) is 4.25. The molecule has 5 rings (SSSR count). The van der Waals surface area contributed by atoms with E-state index in [4.69, 9.17) is 13.7 Å². The lowest BCUT2D eigenvalue weighted by Crippen LogP contribution is -2.39. The molecule has 3 aliphatic rings. The number of phenols is 1. The summed E-state index contributed by atoms with van der Waals surface area (Å²) in [6.07, 6.45) is 7.25. The highest BCUT2D eigenvalue weighted by Crippen LogP contribution is 2.46. The molecule has 2 aromatic carbocycles. The summed E-state index contributed by atoms with van der Waals surface area (Å²) in [6, 6.07) is 7.58. The number of nitrogens with zero attached hydrogens (tertiary/aromatic N) is 1. The second-order valence-electron chi connectivity index (χ2n) is 9.13. The van der Waals surface area contributed by atoms with Crippen molar-refractivity contribution in [1.29, 1.82) is 0 Å². The third kappa shape index (κ3) is 3.95. The molecule has 2 heterocycles. The van der Waals surface area contributed by atoms with Gasteiger partial charge < -0.3 is 18.8 Å². The Labute approximate surface area is 200 Å². The van der Waals surface area contributed by atoms with Crippen molar-refractivity contribution in [1.82, 2.24) is 4.90 Å². The maximum atomic E-state index is 13.2. The van der Waals surface area contributed by atoms with E-state index in [1.165, 1.54) is 7.11 Å². The van der Waals surface area contributed by atoms with E-state index in [0.717, 1.165) is 35.2 Å². The van der Waals surface area contributed by atoms with Crippen molar-refractivity contribution in [3.05, 3.63) is 69.7 Å². The maximum absolute atomic E-state index is 13.2. The Hall–Kier alpha value is -2.97. The van der Waals surface area contributed by atoms with E-state index in [-0.39, 0.29) is 28.4 Å². The van der Waals surface area contributed by atoms with Crippen LogP contribution in [0.4, 0.5) is 0 Å². The number of allylic oxidation sites excluding steroid dienone is 4. The molecule has 2 atom stereocenters. The largest absolute Gasteiger partial charge is 0.504 e. The van der Waals surface area contributed by atoms with Crippen molar-refractivity contribution in [2.75, 3.05) is 20.8 Å². The minimum absolute atomic E-state index is 0.107. The summed E-state index contributed by atoms with van der Waals surface area (Å²) in [7, 11) is -0.890. The van der Waals surface area contributed by atoms with Crippen LogP contribution in [0.1, 0.15) is 41.6 Å². The van der Waals surface area contributed by atoms with Gasteiger partial charge in [-0.25, -0.2) is 0 Å². The molecule has 0 saturated carbocycles. The normalized spacial score (nSPS) is 21.7. The molecule has 0 fully saturated rings. The summed E-state index contributed by atoms with van der Waals surface area (Å²) >= 11 is 0. The fourth-order valence-electron chi connectivity index (χ4n) is 5.19. The second kappa shape index (κ2) is 8.67. The Morgan fingerprint density at radius 1 is 1.06 bits per heavy atom. The fourth-order valence-corrected chi connectivity index (χ4v) is 6.41. The lowest BCUT2D eigenvalue weighted by atomic mass is 9.83. The maximum Gasteiger partial charge on any atom is 0.335 e. The molecule has 0 spiro atoms. The van der Waals surface area contributed by atoms with Gasteiger partial charge in [0.25, 0.3) is 0 Å². The van der Waals surface area contributed by atoms with E-state index in [1.54, 1.807) is 31.4 Å². The number of benzene rings is 2. The molecule has 0 radical (unpaired) electrons. The first-order valence-corrected chi connectivity index (χ1v) is 12.9. The van der Waals surface area contributed by atoms with Gasteiger partial charge in [-0.2, -0.15) is 8.42 Å². The van der Waals surface area contributed by atoms with Crippen molar-refractivity contribution >= 4 is 10.1 Å². The molecular weight excluding hydrogens is 454 g/mol. The molecule has 2 aromatic rings. The molecule has 2 aliphatic heterocycles. The van der Waals surface area contributed by atoms with Crippen LogP contribution in [0.25, 0.3) is 0 Å². The van der Waals surface area contributed by atoms with E-state index in [9.17, 15) is 13.5 Å².